The minimum absolute atomic E-state index is 0.0535. The number of nitriles is 2. The first-order chi connectivity index (χ1) is 8.21. The van der Waals surface area contributed by atoms with E-state index in [1.807, 2.05) is 6.92 Å². The zero-order chi connectivity index (χ0) is 12.7. The predicted molar refractivity (Wildman–Crippen MR) is 68.5 cm³/mol. The second-order valence-electron chi connectivity index (χ2n) is 3.03. The summed E-state index contributed by atoms with van der Waals surface area (Å²) in [7, 11) is 0. The molecule has 1 aromatic carbocycles. The van der Waals surface area contributed by atoms with Crippen LogP contribution in [-0.4, -0.2) is 6.61 Å². The van der Waals surface area contributed by atoms with Crippen molar-refractivity contribution in [2.24, 2.45) is 0 Å². The molecule has 0 heterocycles. The second kappa shape index (κ2) is 6.47. The number of anilines is 1. The molecule has 0 unspecified atom stereocenters. The molecule has 4 nitrogen and oxygen atoms in total. The Bertz CT molecular complexity index is 478. The number of hydrogen-bond acceptors (Lipinski definition) is 5. The lowest BCUT2D eigenvalue weighted by Crippen LogP contribution is -1.97. The molecule has 1 N–H and O–H groups in total. The lowest BCUT2D eigenvalue weighted by atomic mass is 10.3. The molecular formula is C12H11N3OS. The molecule has 0 fully saturated rings. The summed E-state index contributed by atoms with van der Waals surface area (Å²) in [5, 5.41) is 20.4. The third kappa shape index (κ3) is 3.75. The van der Waals surface area contributed by atoms with Crippen LogP contribution in [0.15, 0.2) is 34.9 Å². The van der Waals surface area contributed by atoms with E-state index >= 15 is 0 Å². The fourth-order valence-electron chi connectivity index (χ4n) is 1.13. The molecule has 0 bridgehead atoms. The van der Waals surface area contributed by atoms with Gasteiger partial charge in [-0.3, -0.25) is 0 Å². The third-order valence-corrected chi connectivity index (χ3v) is 2.22. The molecule has 0 aliphatic heterocycles. The molecule has 1 rings (SSSR count). The highest BCUT2D eigenvalue weighted by molar-refractivity contribution is 7.84. The van der Waals surface area contributed by atoms with Crippen LogP contribution in [0.2, 0.25) is 0 Å². The topological polar surface area (TPSA) is 68.8 Å². The van der Waals surface area contributed by atoms with E-state index < -0.39 is 0 Å². The van der Waals surface area contributed by atoms with Crippen LogP contribution in [0.3, 0.4) is 0 Å². The van der Waals surface area contributed by atoms with E-state index in [1.54, 1.807) is 36.4 Å². The maximum absolute atomic E-state index is 8.65. The minimum atomic E-state index is -0.0535. The van der Waals surface area contributed by atoms with Gasteiger partial charge in [-0.15, -0.1) is 12.6 Å². The van der Waals surface area contributed by atoms with Crippen molar-refractivity contribution in [3.8, 4) is 17.9 Å². The zero-order valence-corrected chi connectivity index (χ0v) is 10.2. The van der Waals surface area contributed by atoms with Gasteiger partial charge in [0.2, 0.25) is 0 Å². The highest BCUT2D eigenvalue weighted by Gasteiger charge is 2.02. The van der Waals surface area contributed by atoms with Gasteiger partial charge in [-0.1, -0.05) is 0 Å². The Morgan fingerprint density at radius 1 is 1.29 bits per heavy atom. The summed E-state index contributed by atoms with van der Waals surface area (Å²) in [5.74, 6) is 0.767. The number of rotatable bonds is 4. The van der Waals surface area contributed by atoms with E-state index in [-0.39, 0.29) is 10.6 Å². The largest absolute Gasteiger partial charge is 0.494 e. The Hall–Kier alpha value is -2.11. The van der Waals surface area contributed by atoms with Crippen molar-refractivity contribution < 1.29 is 4.74 Å². The predicted octanol–water partition coefficient (Wildman–Crippen LogP) is 2.69. The van der Waals surface area contributed by atoms with Gasteiger partial charge in [0.25, 0.3) is 0 Å². The Morgan fingerprint density at radius 3 is 2.35 bits per heavy atom. The van der Waals surface area contributed by atoms with Crippen LogP contribution >= 0.6 is 12.6 Å². The highest BCUT2D eigenvalue weighted by Crippen LogP contribution is 2.19. The van der Waals surface area contributed by atoms with Gasteiger partial charge in [0, 0.05) is 5.69 Å². The van der Waals surface area contributed by atoms with Gasteiger partial charge in [-0.2, -0.15) is 10.5 Å². The summed E-state index contributed by atoms with van der Waals surface area (Å²) in [6.07, 6.45) is 0. The van der Waals surface area contributed by atoms with Crippen LogP contribution in [0.5, 0.6) is 5.75 Å². The molecule has 0 aliphatic carbocycles. The van der Waals surface area contributed by atoms with Crippen LogP contribution in [0, 0.1) is 22.7 Å². The lowest BCUT2D eigenvalue weighted by Gasteiger charge is -2.07. The van der Waals surface area contributed by atoms with Crippen molar-refractivity contribution in [3.05, 3.63) is 34.9 Å². The quantitative estimate of drug-likeness (QED) is 0.632. The number of benzene rings is 1. The number of ether oxygens (including phenoxy) is 1. The van der Waals surface area contributed by atoms with Crippen LogP contribution in [-0.2, 0) is 0 Å². The summed E-state index contributed by atoms with van der Waals surface area (Å²) in [6, 6.07) is 10.7. The van der Waals surface area contributed by atoms with E-state index in [2.05, 4.69) is 17.9 Å². The fraction of sp³-hybridized carbons (Fsp3) is 0.167. The third-order valence-electron chi connectivity index (χ3n) is 1.89. The fourth-order valence-corrected chi connectivity index (χ4v) is 1.36. The molecular weight excluding hydrogens is 234 g/mol. The first kappa shape index (κ1) is 13.0. The molecule has 0 atom stereocenters. The van der Waals surface area contributed by atoms with Gasteiger partial charge < -0.3 is 10.1 Å². The van der Waals surface area contributed by atoms with E-state index in [0.29, 0.717) is 6.61 Å². The molecule has 0 spiro atoms. The molecule has 0 aliphatic rings. The number of allylic oxidation sites excluding steroid dienone is 1. The van der Waals surface area contributed by atoms with Gasteiger partial charge in [0.1, 0.15) is 17.9 Å². The monoisotopic (exact) mass is 245 g/mol. The van der Waals surface area contributed by atoms with Crippen LogP contribution < -0.4 is 10.1 Å². The minimum Gasteiger partial charge on any atom is -0.494 e. The van der Waals surface area contributed by atoms with Gasteiger partial charge in [-0.05, 0) is 31.2 Å². The maximum Gasteiger partial charge on any atom is 0.159 e. The standard InChI is InChI=1S/C12H11N3OS/c1-2-16-11-5-3-10(4-6-11)15-12(17)9(7-13)8-14/h3-6,15,17H,2H2,1H3. The SMILES string of the molecule is CCOc1ccc(NC(S)=C(C#N)C#N)cc1. The molecule has 1 aromatic rings. The highest BCUT2D eigenvalue weighted by atomic mass is 32.1. The van der Waals surface area contributed by atoms with E-state index in [1.165, 1.54) is 0 Å². The van der Waals surface area contributed by atoms with Crippen molar-refractivity contribution in [1.29, 1.82) is 10.5 Å². The molecule has 0 radical (unpaired) electrons. The molecule has 0 aromatic heterocycles. The van der Waals surface area contributed by atoms with Crippen LogP contribution in [0.4, 0.5) is 5.69 Å². The van der Waals surface area contributed by atoms with Gasteiger partial charge >= 0.3 is 0 Å². The molecule has 0 amide bonds. The smallest absolute Gasteiger partial charge is 0.159 e. The second-order valence-corrected chi connectivity index (χ2v) is 3.48. The maximum atomic E-state index is 8.65. The Labute approximate surface area is 106 Å². The molecule has 86 valence electrons. The lowest BCUT2D eigenvalue weighted by molar-refractivity contribution is 0.340. The Morgan fingerprint density at radius 2 is 1.88 bits per heavy atom. The Balaban J connectivity index is 2.81. The first-order valence-electron chi connectivity index (χ1n) is 4.94. The molecule has 0 saturated carbocycles. The van der Waals surface area contributed by atoms with Crippen molar-refractivity contribution in [2.45, 2.75) is 6.92 Å². The van der Waals surface area contributed by atoms with Crippen LogP contribution in [0.1, 0.15) is 6.92 Å². The summed E-state index contributed by atoms with van der Waals surface area (Å²) >= 11 is 4.06. The van der Waals surface area contributed by atoms with Crippen molar-refractivity contribution in [2.75, 3.05) is 11.9 Å². The van der Waals surface area contributed by atoms with Gasteiger partial charge in [0.15, 0.2) is 5.57 Å². The van der Waals surface area contributed by atoms with Crippen LogP contribution in [0.25, 0.3) is 0 Å². The number of thiol groups is 1. The molecule has 17 heavy (non-hydrogen) atoms. The van der Waals surface area contributed by atoms with E-state index in [0.717, 1.165) is 11.4 Å². The average Bonchev–Trinajstić information content (AvgIpc) is 2.33. The normalized spacial score (nSPS) is 8.71. The molecule has 5 heteroatoms. The van der Waals surface area contributed by atoms with Gasteiger partial charge in [0.05, 0.1) is 11.6 Å². The van der Waals surface area contributed by atoms with Crippen molar-refractivity contribution >= 4 is 18.3 Å². The van der Waals surface area contributed by atoms with Crippen molar-refractivity contribution in [3.63, 3.8) is 0 Å². The average molecular weight is 245 g/mol. The molecule has 0 saturated heterocycles. The van der Waals surface area contributed by atoms with Gasteiger partial charge in [-0.25, -0.2) is 0 Å². The van der Waals surface area contributed by atoms with Crippen molar-refractivity contribution in [1.82, 2.24) is 0 Å². The zero-order valence-electron chi connectivity index (χ0n) is 9.27. The Kier molecular flexibility index (Phi) is 4.93. The summed E-state index contributed by atoms with van der Waals surface area (Å²) < 4.78 is 5.29. The number of nitrogens with one attached hydrogen (secondary N) is 1. The summed E-state index contributed by atoms with van der Waals surface area (Å²) in [6.45, 7) is 2.52. The first-order valence-corrected chi connectivity index (χ1v) is 5.39. The van der Waals surface area contributed by atoms with E-state index in [4.69, 9.17) is 15.3 Å². The number of nitrogens with zero attached hydrogens (tertiary/aromatic N) is 2. The summed E-state index contributed by atoms with van der Waals surface area (Å²) in [5.41, 5.74) is 0.684. The van der Waals surface area contributed by atoms with E-state index in [9.17, 15) is 0 Å². The summed E-state index contributed by atoms with van der Waals surface area (Å²) in [4.78, 5) is 0. The number of hydrogen-bond donors (Lipinski definition) is 2.